The van der Waals surface area contributed by atoms with E-state index in [9.17, 15) is 0 Å². The van der Waals surface area contributed by atoms with E-state index in [1.54, 1.807) is 0 Å². The lowest BCUT2D eigenvalue weighted by atomic mass is 9.86. The van der Waals surface area contributed by atoms with E-state index in [4.69, 9.17) is 4.74 Å². The predicted molar refractivity (Wildman–Crippen MR) is 92.3 cm³/mol. The molecular weight excluding hydrogens is 258 g/mol. The van der Waals surface area contributed by atoms with Crippen LogP contribution in [-0.4, -0.2) is 18.2 Å². The summed E-state index contributed by atoms with van der Waals surface area (Å²) in [7, 11) is 0. The Labute approximate surface area is 131 Å². The van der Waals surface area contributed by atoms with Gasteiger partial charge in [0.25, 0.3) is 0 Å². The van der Waals surface area contributed by atoms with Gasteiger partial charge in [-0.3, -0.25) is 0 Å². The number of hydrogen-bond acceptors (Lipinski definition) is 2. The molecule has 0 saturated heterocycles. The monoisotopic (exact) mass is 291 g/mol. The molecule has 0 radical (unpaired) electrons. The van der Waals surface area contributed by atoms with Gasteiger partial charge in [-0.1, -0.05) is 39.8 Å². The normalized spacial score (nSPS) is 14.1. The number of nitrogens with one attached hydrogen (secondary N) is 1. The van der Waals surface area contributed by atoms with E-state index >= 15 is 0 Å². The van der Waals surface area contributed by atoms with Gasteiger partial charge in [0.05, 0.1) is 0 Å². The van der Waals surface area contributed by atoms with Crippen molar-refractivity contribution in [3.05, 3.63) is 29.3 Å². The molecule has 2 nitrogen and oxygen atoms in total. The third-order valence-corrected chi connectivity index (χ3v) is 3.55. The van der Waals surface area contributed by atoms with Crippen LogP contribution >= 0.6 is 0 Å². The van der Waals surface area contributed by atoms with Gasteiger partial charge in [0, 0.05) is 12.1 Å². The topological polar surface area (TPSA) is 21.3 Å². The van der Waals surface area contributed by atoms with Crippen molar-refractivity contribution in [1.82, 2.24) is 5.32 Å². The highest BCUT2D eigenvalue weighted by Gasteiger charge is 2.21. The average Bonchev–Trinajstić information content (AvgIpc) is 2.31. The van der Waals surface area contributed by atoms with Gasteiger partial charge in [-0.2, -0.15) is 0 Å². The Hall–Kier alpha value is -1.02. The fourth-order valence-electron chi connectivity index (χ4n) is 2.22. The molecule has 0 fully saturated rings. The lowest BCUT2D eigenvalue weighted by Crippen LogP contribution is -2.42. The quantitative estimate of drug-likeness (QED) is 0.838. The van der Waals surface area contributed by atoms with Gasteiger partial charge >= 0.3 is 0 Å². The van der Waals surface area contributed by atoms with Crippen LogP contribution in [0, 0.1) is 6.92 Å². The molecule has 0 aliphatic carbocycles. The molecule has 0 aliphatic heterocycles. The molecular formula is C19H33NO. The summed E-state index contributed by atoms with van der Waals surface area (Å²) in [5, 5.41) is 3.54. The summed E-state index contributed by atoms with van der Waals surface area (Å²) in [6.07, 6.45) is 1.20. The Morgan fingerprint density at radius 3 is 2.19 bits per heavy atom. The number of hydrogen-bond donors (Lipinski definition) is 1. The van der Waals surface area contributed by atoms with Crippen molar-refractivity contribution in [1.29, 1.82) is 0 Å². The molecule has 1 rings (SSSR count). The van der Waals surface area contributed by atoms with Crippen molar-refractivity contribution >= 4 is 0 Å². The zero-order chi connectivity index (χ0) is 16.3. The summed E-state index contributed by atoms with van der Waals surface area (Å²) in [4.78, 5) is 0. The largest absolute Gasteiger partial charge is 0.489 e. The van der Waals surface area contributed by atoms with E-state index in [1.807, 2.05) is 0 Å². The van der Waals surface area contributed by atoms with E-state index in [1.165, 1.54) is 11.1 Å². The fourth-order valence-corrected chi connectivity index (χ4v) is 2.22. The minimum Gasteiger partial charge on any atom is -0.489 e. The highest BCUT2D eigenvalue weighted by Crippen LogP contribution is 2.32. The van der Waals surface area contributed by atoms with Crippen LogP contribution in [0.2, 0.25) is 0 Å². The Morgan fingerprint density at radius 1 is 1.10 bits per heavy atom. The smallest absolute Gasteiger partial charge is 0.123 e. The standard InChI is InChI=1S/C19H33NO/c1-9-15(13-20-19(6,7)8)21-17-12-14(2)10-11-16(17)18(3,4)5/h10-12,15,20H,9,13H2,1-8H3. The Bertz CT molecular complexity index is 452. The van der Waals surface area contributed by atoms with Crippen LogP contribution in [0.1, 0.15) is 66.0 Å². The van der Waals surface area contributed by atoms with Gasteiger partial charge in [0.1, 0.15) is 11.9 Å². The third-order valence-electron chi connectivity index (χ3n) is 3.55. The number of aryl methyl sites for hydroxylation is 1. The van der Waals surface area contributed by atoms with E-state index in [2.05, 4.69) is 78.9 Å². The van der Waals surface area contributed by atoms with E-state index in [-0.39, 0.29) is 17.1 Å². The second-order valence-corrected chi connectivity index (χ2v) is 8.03. The molecule has 1 aromatic carbocycles. The zero-order valence-corrected chi connectivity index (χ0v) is 15.1. The van der Waals surface area contributed by atoms with Crippen LogP contribution in [0.3, 0.4) is 0 Å². The summed E-state index contributed by atoms with van der Waals surface area (Å²) in [5.74, 6) is 1.03. The molecule has 0 amide bonds. The molecule has 0 bridgehead atoms. The summed E-state index contributed by atoms with van der Waals surface area (Å²) in [5.41, 5.74) is 2.74. The highest BCUT2D eigenvalue weighted by atomic mass is 16.5. The van der Waals surface area contributed by atoms with Crippen molar-refractivity contribution in [2.75, 3.05) is 6.54 Å². The molecule has 0 aromatic heterocycles. The molecule has 2 heteroatoms. The minimum absolute atomic E-state index is 0.0960. The first-order valence-electron chi connectivity index (χ1n) is 8.06. The van der Waals surface area contributed by atoms with Gasteiger partial charge in [-0.15, -0.1) is 0 Å². The van der Waals surface area contributed by atoms with E-state index in [0.717, 1.165) is 18.7 Å². The number of rotatable bonds is 5. The molecule has 0 aliphatic rings. The molecule has 0 heterocycles. The minimum atomic E-state index is 0.0960. The van der Waals surface area contributed by atoms with E-state index < -0.39 is 0 Å². The number of benzene rings is 1. The van der Waals surface area contributed by atoms with Crippen molar-refractivity contribution < 1.29 is 4.74 Å². The maximum atomic E-state index is 6.34. The third kappa shape index (κ3) is 6.09. The molecule has 0 saturated carbocycles. The molecule has 120 valence electrons. The van der Waals surface area contributed by atoms with E-state index in [0.29, 0.717) is 0 Å². The van der Waals surface area contributed by atoms with Gasteiger partial charge in [0.2, 0.25) is 0 Å². The Morgan fingerprint density at radius 2 is 1.71 bits per heavy atom. The fraction of sp³-hybridized carbons (Fsp3) is 0.684. The summed E-state index contributed by atoms with van der Waals surface area (Å²) >= 11 is 0. The van der Waals surface area contributed by atoms with Crippen LogP contribution in [-0.2, 0) is 5.41 Å². The zero-order valence-electron chi connectivity index (χ0n) is 15.1. The average molecular weight is 291 g/mol. The first kappa shape index (κ1) is 18.0. The van der Waals surface area contributed by atoms with Crippen LogP contribution in [0.4, 0.5) is 0 Å². The van der Waals surface area contributed by atoms with Crippen molar-refractivity contribution in [3.8, 4) is 5.75 Å². The summed E-state index contributed by atoms with van der Waals surface area (Å²) < 4.78 is 6.34. The maximum absolute atomic E-state index is 6.34. The summed E-state index contributed by atoms with van der Waals surface area (Å²) in [6, 6.07) is 6.54. The van der Waals surface area contributed by atoms with Crippen LogP contribution < -0.4 is 10.1 Å². The van der Waals surface area contributed by atoms with Gasteiger partial charge in [-0.05, 0) is 56.7 Å². The maximum Gasteiger partial charge on any atom is 0.123 e. The van der Waals surface area contributed by atoms with Gasteiger partial charge in [-0.25, -0.2) is 0 Å². The van der Waals surface area contributed by atoms with Crippen LogP contribution in [0.5, 0.6) is 5.75 Å². The highest BCUT2D eigenvalue weighted by molar-refractivity contribution is 5.41. The SMILES string of the molecule is CCC(CNC(C)(C)C)Oc1cc(C)ccc1C(C)(C)C. The number of ether oxygens (including phenoxy) is 1. The van der Waals surface area contributed by atoms with Crippen LogP contribution in [0.15, 0.2) is 18.2 Å². The second kappa shape index (κ2) is 6.83. The molecule has 21 heavy (non-hydrogen) atoms. The van der Waals surface area contributed by atoms with Gasteiger partial charge < -0.3 is 10.1 Å². The molecule has 1 atom stereocenters. The lowest BCUT2D eigenvalue weighted by Gasteiger charge is -2.28. The summed E-state index contributed by atoms with van der Waals surface area (Å²) in [6.45, 7) is 18.4. The first-order valence-corrected chi connectivity index (χ1v) is 8.06. The lowest BCUT2D eigenvalue weighted by molar-refractivity contribution is 0.177. The predicted octanol–water partition coefficient (Wildman–Crippen LogP) is 4.84. The molecule has 1 aromatic rings. The molecule has 1 N–H and O–H groups in total. The van der Waals surface area contributed by atoms with Crippen molar-refractivity contribution in [2.24, 2.45) is 0 Å². The van der Waals surface area contributed by atoms with Crippen molar-refractivity contribution in [3.63, 3.8) is 0 Å². The Balaban J connectivity index is 2.91. The molecule has 1 unspecified atom stereocenters. The molecule has 0 spiro atoms. The van der Waals surface area contributed by atoms with Crippen LogP contribution in [0.25, 0.3) is 0 Å². The Kier molecular flexibility index (Phi) is 5.86. The second-order valence-electron chi connectivity index (χ2n) is 8.03. The van der Waals surface area contributed by atoms with Crippen molar-refractivity contribution in [2.45, 2.75) is 78.9 Å². The van der Waals surface area contributed by atoms with Gasteiger partial charge in [0.15, 0.2) is 0 Å². The first-order chi connectivity index (χ1) is 9.53.